The van der Waals surface area contributed by atoms with E-state index in [1.807, 2.05) is 0 Å². The Bertz CT molecular complexity index is 1490. The Labute approximate surface area is 228 Å². The average Bonchev–Trinajstić information content (AvgIpc) is 3.43. The van der Waals surface area contributed by atoms with Crippen LogP contribution in [0.5, 0.6) is 5.75 Å². The predicted octanol–water partition coefficient (Wildman–Crippen LogP) is 4.13. The number of alkyl halides is 1. The Balaban J connectivity index is 1.52. The summed E-state index contributed by atoms with van der Waals surface area (Å²) >= 11 is 5.78. The van der Waals surface area contributed by atoms with E-state index in [9.17, 15) is 32.6 Å². The van der Waals surface area contributed by atoms with Crippen molar-refractivity contribution < 1.29 is 37.4 Å². The molecular weight excluding hydrogens is 555 g/mol. The third kappa shape index (κ3) is 6.66. The number of fused-ring (bicyclic) bond motifs is 1. The highest BCUT2D eigenvalue weighted by atomic mass is 35.5. The Morgan fingerprint density at radius 3 is 2.69 bits per heavy atom. The molecule has 1 fully saturated rings. The van der Waals surface area contributed by atoms with Gasteiger partial charge in [-0.1, -0.05) is 23.7 Å². The number of hydrogen-bond donors (Lipinski definition) is 2. The first-order valence-corrected chi connectivity index (χ1v) is 14.7. The fraction of sp³-hybridized carbons (Fsp3) is 0.346. The SMILES string of the molecule is CC(=O)c1cn(CC(=O)N2C[C@H](F)C[C@H]2C(=O)NCc2cccc(Cl)c2F)c2ccc(OCP(C)(=O)O)cc12. The number of likely N-dealkylation sites (tertiary alicyclic amines) is 1. The van der Waals surface area contributed by atoms with Crippen molar-refractivity contribution in [2.75, 3.05) is 19.6 Å². The van der Waals surface area contributed by atoms with Crippen molar-refractivity contribution in [1.82, 2.24) is 14.8 Å². The number of nitrogens with one attached hydrogen (secondary N) is 1. The molecule has 1 aromatic heterocycles. The maximum Gasteiger partial charge on any atom is 0.243 e. The third-order valence-corrected chi connectivity index (χ3v) is 7.27. The molecule has 208 valence electrons. The van der Waals surface area contributed by atoms with Gasteiger partial charge in [0.2, 0.25) is 19.2 Å². The number of ether oxygens (including phenoxy) is 1. The van der Waals surface area contributed by atoms with E-state index in [0.717, 1.165) is 11.6 Å². The summed E-state index contributed by atoms with van der Waals surface area (Å²) < 4.78 is 47.0. The summed E-state index contributed by atoms with van der Waals surface area (Å²) in [6.07, 6.45) is -0.527. The van der Waals surface area contributed by atoms with Crippen molar-refractivity contribution in [3.8, 4) is 5.75 Å². The van der Waals surface area contributed by atoms with Gasteiger partial charge in [-0.05, 0) is 31.2 Å². The van der Waals surface area contributed by atoms with Crippen LogP contribution < -0.4 is 10.1 Å². The molecular formula is C26H27ClF2N3O6P. The molecule has 9 nitrogen and oxygen atoms in total. The zero-order valence-corrected chi connectivity index (χ0v) is 22.8. The smallest absolute Gasteiger partial charge is 0.243 e. The summed E-state index contributed by atoms with van der Waals surface area (Å²) in [6.45, 7) is 1.79. The van der Waals surface area contributed by atoms with Gasteiger partial charge >= 0.3 is 0 Å². The van der Waals surface area contributed by atoms with Crippen molar-refractivity contribution in [2.24, 2.45) is 0 Å². The fourth-order valence-electron chi connectivity index (χ4n) is 4.50. The summed E-state index contributed by atoms with van der Waals surface area (Å²) in [4.78, 5) is 49.1. The van der Waals surface area contributed by atoms with Crippen molar-refractivity contribution in [3.05, 3.63) is 64.6 Å². The number of hydrogen-bond acceptors (Lipinski definition) is 5. The molecule has 4 rings (SSSR count). The first-order chi connectivity index (χ1) is 18.3. The van der Waals surface area contributed by atoms with E-state index in [-0.39, 0.29) is 48.2 Å². The van der Waals surface area contributed by atoms with Gasteiger partial charge in [0.25, 0.3) is 0 Å². The first-order valence-electron chi connectivity index (χ1n) is 12.0. The predicted molar refractivity (Wildman–Crippen MR) is 141 cm³/mol. The maximum absolute atomic E-state index is 14.4. The number of Topliss-reactive ketones (excluding diaryl/α,β-unsaturated/α-hetero) is 1. The van der Waals surface area contributed by atoms with Crippen LogP contribution in [-0.2, 0) is 27.2 Å². The van der Waals surface area contributed by atoms with E-state index in [1.165, 1.54) is 35.9 Å². The zero-order chi connectivity index (χ0) is 28.5. The second-order valence-electron chi connectivity index (χ2n) is 9.56. The van der Waals surface area contributed by atoms with Crippen molar-refractivity contribution >= 4 is 47.5 Å². The molecule has 2 heterocycles. The van der Waals surface area contributed by atoms with Crippen LogP contribution in [0.4, 0.5) is 8.78 Å². The second kappa shape index (κ2) is 11.5. The number of carbonyl (C=O) groups is 3. The largest absolute Gasteiger partial charge is 0.484 e. The van der Waals surface area contributed by atoms with Gasteiger partial charge in [-0.25, -0.2) is 8.78 Å². The molecule has 0 saturated carbocycles. The maximum atomic E-state index is 14.4. The minimum atomic E-state index is -3.43. The number of ketones is 1. The molecule has 0 aliphatic carbocycles. The topological polar surface area (TPSA) is 118 Å². The molecule has 0 bridgehead atoms. The number of aromatic nitrogens is 1. The number of amides is 2. The van der Waals surface area contributed by atoms with Crippen LogP contribution in [-0.4, -0.2) is 63.7 Å². The van der Waals surface area contributed by atoms with Gasteiger partial charge in [-0.3, -0.25) is 18.9 Å². The van der Waals surface area contributed by atoms with Gasteiger partial charge in [0.1, 0.15) is 30.3 Å². The molecule has 1 aliphatic heterocycles. The molecule has 1 aliphatic rings. The summed E-state index contributed by atoms with van der Waals surface area (Å²) in [5.41, 5.74) is 0.968. The Morgan fingerprint density at radius 2 is 2.00 bits per heavy atom. The lowest BCUT2D eigenvalue weighted by Crippen LogP contribution is -2.46. The Morgan fingerprint density at radius 1 is 1.26 bits per heavy atom. The van der Waals surface area contributed by atoms with Gasteiger partial charge < -0.3 is 24.4 Å². The van der Waals surface area contributed by atoms with Crippen LogP contribution in [0, 0.1) is 5.82 Å². The van der Waals surface area contributed by atoms with Crippen LogP contribution in [0.1, 0.15) is 29.3 Å². The molecule has 0 radical (unpaired) electrons. The molecule has 13 heteroatoms. The normalized spacial score (nSPS) is 18.7. The molecule has 2 aromatic carbocycles. The van der Waals surface area contributed by atoms with E-state index in [4.69, 9.17) is 16.3 Å². The molecule has 39 heavy (non-hydrogen) atoms. The number of carbonyl (C=O) groups excluding carboxylic acids is 3. The van der Waals surface area contributed by atoms with Crippen LogP contribution in [0.3, 0.4) is 0 Å². The van der Waals surface area contributed by atoms with Crippen LogP contribution in [0.15, 0.2) is 42.6 Å². The lowest BCUT2D eigenvalue weighted by Gasteiger charge is -2.24. The standard InChI is InChI=1S/C26H27ClF2N3O6P/c1-15(33)20-12-31(22-7-6-18(9-19(20)22)38-14-39(2,36)37)13-24(34)32-11-17(28)8-23(32)26(35)30-10-16-4-3-5-21(27)25(16)29/h3-7,9,12,17,23H,8,10-11,13-14H2,1-2H3,(H,30,35)(H,36,37)/t17-,23+/m1/s1. The molecule has 0 spiro atoms. The second-order valence-corrected chi connectivity index (χ2v) is 12.3. The first kappa shape index (κ1) is 28.7. The number of nitrogens with zero attached hydrogens (tertiary/aromatic N) is 2. The van der Waals surface area contributed by atoms with Crippen LogP contribution in [0.2, 0.25) is 5.02 Å². The molecule has 2 N–H and O–H groups in total. The molecule has 1 saturated heterocycles. The highest BCUT2D eigenvalue weighted by Crippen LogP contribution is 2.36. The highest BCUT2D eigenvalue weighted by molar-refractivity contribution is 7.56. The molecule has 3 aromatic rings. The quantitative estimate of drug-likeness (QED) is 0.290. The Kier molecular flexibility index (Phi) is 8.44. The lowest BCUT2D eigenvalue weighted by atomic mass is 10.1. The highest BCUT2D eigenvalue weighted by Gasteiger charge is 2.39. The monoisotopic (exact) mass is 581 g/mol. The minimum Gasteiger partial charge on any atom is -0.484 e. The third-order valence-electron chi connectivity index (χ3n) is 6.37. The number of rotatable bonds is 9. The summed E-state index contributed by atoms with van der Waals surface area (Å²) in [6, 6.07) is 7.98. The summed E-state index contributed by atoms with van der Waals surface area (Å²) in [5, 5.41) is 2.93. The van der Waals surface area contributed by atoms with Gasteiger partial charge in [0.05, 0.1) is 11.6 Å². The van der Waals surface area contributed by atoms with E-state index in [2.05, 4.69) is 5.32 Å². The Hall–Kier alpha value is -3.27. The summed E-state index contributed by atoms with van der Waals surface area (Å²) in [5.74, 6) is -1.83. The van der Waals surface area contributed by atoms with Crippen LogP contribution >= 0.6 is 19.0 Å². The van der Waals surface area contributed by atoms with Gasteiger partial charge in [0.15, 0.2) is 12.1 Å². The average molecular weight is 582 g/mol. The van der Waals surface area contributed by atoms with Gasteiger partial charge in [0, 0.05) is 47.9 Å². The minimum absolute atomic E-state index is 0.0930. The zero-order valence-electron chi connectivity index (χ0n) is 21.2. The van der Waals surface area contributed by atoms with E-state index < -0.39 is 43.6 Å². The van der Waals surface area contributed by atoms with Gasteiger partial charge in [-0.2, -0.15) is 0 Å². The number of benzene rings is 2. The van der Waals surface area contributed by atoms with Crippen molar-refractivity contribution in [1.29, 1.82) is 0 Å². The molecule has 2 amide bonds. The van der Waals surface area contributed by atoms with E-state index in [0.29, 0.717) is 16.5 Å². The van der Waals surface area contributed by atoms with E-state index >= 15 is 0 Å². The van der Waals surface area contributed by atoms with Gasteiger partial charge in [-0.15, -0.1) is 0 Å². The summed E-state index contributed by atoms with van der Waals surface area (Å²) in [7, 11) is -3.43. The fourth-order valence-corrected chi connectivity index (χ4v) is 5.09. The molecule has 1 unspecified atom stereocenters. The number of halogens is 3. The lowest BCUT2D eigenvalue weighted by molar-refractivity contribution is -0.139. The van der Waals surface area contributed by atoms with Crippen molar-refractivity contribution in [2.45, 2.75) is 38.6 Å². The van der Waals surface area contributed by atoms with Crippen molar-refractivity contribution in [3.63, 3.8) is 0 Å². The van der Waals surface area contributed by atoms with Crippen LogP contribution in [0.25, 0.3) is 10.9 Å². The van der Waals surface area contributed by atoms with E-state index in [1.54, 1.807) is 18.2 Å². The molecule has 3 atom stereocenters.